The Morgan fingerprint density at radius 1 is 1.44 bits per heavy atom. The van der Waals surface area contributed by atoms with Crippen molar-refractivity contribution >= 4 is 0 Å². The molecule has 0 aromatic rings. The topological polar surface area (TPSA) is 0 Å². The molecule has 50 valence electrons. The van der Waals surface area contributed by atoms with E-state index in [0.29, 0.717) is 0 Å². The monoisotopic (exact) mass is 122 g/mol. The van der Waals surface area contributed by atoms with E-state index in [1.165, 1.54) is 19.3 Å². The largest absolute Gasteiger partial charge is 0.0993 e. The van der Waals surface area contributed by atoms with Crippen LogP contribution in [0.25, 0.3) is 0 Å². The second-order valence-corrected chi connectivity index (χ2v) is 3.63. The van der Waals surface area contributed by atoms with Gasteiger partial charge in [0.25, 0.3) is 0 Å². The molecule has 0 radical (unpaired) electrons. The van der Waals surface area contributed by atoms with Crippen molar-refractivity contribution in [3.05, 3.63) is 12.2 Å². The molecule has 0 heterocycles. The molecule has 2 aliphatic carbocycles. The Morgan fingerprint density at radius 3 is 2.56 bits per heavy atom. The first kappa shape index (κ1) is 5.52. The fourth-order valence-corrected chi connectivity index (χ4v) is 2.48. The van der Waals surface area contributed by atoms with Crippen LogP contribution < -0.4 is 0 Å². The number of fused-ring (bicyclic) bond motifs is 2. The third-order valence-corrected chi connectivity index (χ3v) is 3.29. The normalized spacial score (nSPS) is 48.6. The van der Waals surface area contributed by atoms with Gasteiger partial charge in [-0.05, 0) is 37.0 Å². The first-order chi connectivity index (χ1) is 4.29. The number of hydrogen-bond acceptors (Lipinski definition) is 0. The lowest BCUT2D eigenvalue weighted by atomic mass is 9.87. The van der Waals surface area contributed by atoms with Crippen LogP contribution in [0, 0.1) is 17.8 Å². The lowest BCUT2D eigenvalue weighted by Crippen LogP contribution is -2.08. The Labute approximate surface area is 57.0 Å². The van der Waals surface area contributed by atoms with Gasteiger partial charge in [-0.3, -0.25) is 0 Å². The molecule has 0 aliphatic heterocycles. The molecule has 1 unspecified atom stereocenters. The molecule has 9 heavy (non-hydrogen) atoms. The minimum absolute atomic E-state index is 0.851. The van der Waals surface area contributed by atoms with Crippen molar-refractivity contribution in [3.8, 4) is 0 Å². The molecule has 2 fully saturated rings. The maximum Gasteiger partial charge on any atom is -0.0200 e. The van der Waals surface area contributed by atoms with Crippen molar-refractivity contribution in [1.82, 2.24) is 0 Å². The Kier molecular flexibility index (Phi) is 0.992. The Bertz CT molecular complexity index is 142. The van der Waals surface area contributed by atoms with E-state index in [0.717, 1.165) is 17.8 Å². The zero-order valence-electron chi connectivity index (χ0n) is 6.06. The minimum Gasteiger partial charge on any atom is -0.0993 e. The highest BCUT2D eigenvalue weighted by Gasteiger charge is 2.39. The lowest BCUT2D eigenvalue weighted by molar-refractivity contribution is 0.436. The highest BCUT2D eigenvalue weighted by molar-refractivity contribution is 5.16. The summed E-state index contributed by atoms with van der Waals surface area (Å²) in [5.74, 6) is 2.79. The van der Waals surface area contributed by atoms with Gasteiger partial charge in [0.15, 0.2) is 0 Å². The maximum atomic E-state index is 4.12. The average Bonchev–Trinajstić information content (AvgIpc) is 2.37. The highest BCUT2D eigenvalue weighted by atomic mass is 14.4. The molecule has 0 N–H and O–H groups in total. The molecule has 0 aromatic carbocycles. The fraction of sp³-hybridized carbons (Fsp3) is 0.778. The van der Waals surface area contributed by atoms with Crippen LogP contribution in [-0.4, -0.2) is 0 Å². The predicted molar refractivity (Wildman–Crippen MR) is 39.1 cm³/mol. The summed E-state index contributed by atoms with van der Waals surface area (Å²) in [5, 5.41) is 0. The summed E-state index contributed by atoms with van der Waals surface area (Å²) in [7, 11) is 0. The van der Waals surface area contributed by atoms with E-state index in [9.17, 15) is 0 Å². The molecular formula is C9H14. The summed E-state index contributed by atoms with van der Waals surface area (Å²) in [6.45, 7) is 6.46. The zero-order chi connectivity index (χ0) is 6.43. The molecule has 0 spiro atoms. The van der Waals surface area contributed by atoms with Crippen molar-refractivity contribution in [2.75, 3.05) is 0 Å². The smallest absolute Gasteiger partial charge is 0.0200 e. The molecule has 2 aliphatic rings. The van der Waals surface area contributed by atoms with Crippen LogP contribution in [-0.2, 0) is 0 Å². The summed E-state index contributed by atoms with van der Waals surface area (Å²) >= 11 is 0. The van der Waals surface area contributed by atoms with Gasteiger partial charge in [-0.25, -0.2) is 0 Å². The van der Waals surface area contributed by atoms with E-state index >= 15 is 0 Å². The van der Waals surface area contributed by atoms with Gasteiger partial charge in [0.05, 0.1) is 0 Å². The number of hydrogen-bond donors (Lipinski definition) is 0. The molecule has 2 saturated carbocycles. The van der Waals surface area contributed by atoms with Gasteiger partial charge in [0, 0.05) is 0 Å². The molecular weight excluding hydrogens is 108 g/mol. The van der Waals surface area contributed by atoms with Crippen molar-refractivity contribution in [2.45, 2.75) is 26.2 Å². The SMILES string of the molecule is C=C1C(C)[C@H]2CC[C@@H]1C2. The summed E-state index contributed by atoms with van der Waals surface area (Å²) in [6.07, 6.45) is 4.37. The molecule has 0 amide bonds. The van der Waals surface area contributed by atoms with Crippen LogP contribution in [0.2, 0.25) is 0 Å². The highest BCUT2D eigenvalue weighted by Crippen LogP contribution is 2.50. The number of rotatable bonds is 0. The van der Waals surface area contributed by atoms with Gasteiger partial charge in [-0.1, -0.05) is 19.1 Å². The van der Waals surface area contributed by atoms with Crippen LogP contribution >= 0.6 is 0 Å². The Balaban J connectivity index is 2.25. The summed E-state index contributed by atoms with van der Waals surface area (Å²) in [6, 6.07) is 0. The fourth-order valence-electron chi connectivity index (χ4n) is 2.48. The van der Waals surface area contributed by atoms with Crippen LogP contribution in [0.3, 0.4) is 0 Å². The summed E-state index contributed by atoms with van der Waals surface area (Å²) < 4.78 is 0. The second kappa shape index (κ2) is 1.62. The number of allylic oxidation sites excluding steroid dienone is 1. The third kappa shape index (κ3) is 0.593. The van der Waals surface area contributed by atoms with Gasteiger partial charge in [-0.2, -0.15) is 0 Å². The first-order valence-corrected chi connectivity index (χ1v) is 3.97. The van der Waals surface area contributed by atoms with E-state index in [4.69, 9.17) is 0 Å². The third-order valence-electron chi connectivity index (χ3n) is 3.29. The first-order valence-electron chi connectivity index (χ1n) is 3.97. The van der Waals surface area contributed by atoms with E-state index in [1.807, 2.05) is 0 Å². The van der Waals surface area contributed by atoms with Gasteiger partial charge < -0.3 is 0 Å². The van der Waals surface area contributed by atoms with Gasteiger partial charge in [0.1, 0.15) is 0 Å². The van der Waals surface area contributed by atoms with Crippen molar-refractivity contribution < 1.29 is 0 Å². The molecule has 0 aromatic heterocycles. The average molecular weight is 122 g/mol. The van der Waals surface area contributed by atoms with Gasteiger partial charge >= 0.3 is 0 Å². The van der Waals surface area contributed by atoms with Crippen molar-refractivity contribution in [2.24, 2.45) is 17.8 Å². The molecule has 0 saturated heterocycles. The van der Waals surface area contributed by atoms with Crippen molar-refractivity contribution in [3.63, 3.8) is 0 Å². The quantitative estimate of drug-likeness (QED) is 0.433. The van der Waals surface area contributed by atoms with Crippen LogP contribution in [0.1, 0.15) is 26.2 Å². The minimum atomic E-state index is 0.851. The van der Waals surface area contributed by atoms with E-state index < -0.39 is 0 Å². The summed E-state index contributed by atoms with van der Waals surface area (Å²) in [4.78, 5) is 0. The Hall–Kier alpha value is -0.260. The predicted octanol–water partition coefficient (Wildman–Crippen LogP) is 2.61. The standard InChI is InChI=1S/C9H14/c1-6-7(2)9-4-3-8(6)5-9/h7-9H,1,3-5H2,2H3/t7?,8-,9+/m1/s1. The van der Waals surface area contributed by atoms with Crippen molar-refractivity contribution in [1.29, 1.82) is 0 Å². The summed E-state index contributed by atoms with van der Waals surface area (Å²) in [5.41, 5.74) is 1.55. The van der Waals surface area contributed by atoms with Gasteiger partial charge in [-0.15, -0.1) is 0 Å². The van der Waals surface area contributed by atoms with E-state index in [1.54, 1.807) is 5.57 Å². The molecule has 2 rings (SSSR count). The Morgan fingerprint density at radius 2 is 2.22 bits per heavy atom. The van der Waals surface area contributed by atoms with Crippen LogP contribution in [0.15, 0.2) is 12.2 Å². The molecule has 3 atom stereocenters. The van der Waals surface area contributed by atoms with E-state index in [-0.39, 0.29) is 0 Å². The lowest BCUT2D eigenvalue weighted by Gasteiger charge is -2.19. The maximum absolute atomic E-state index is 4.12. The zero-order valence-corrected chi connectivity index (χ0v) is 6.06. The van der Waals surface area contributed by atoms with Crippen LogP contribution in [0.5, 0.6) is 0 Å². The van der Waals surface area contributed by atoms with Gasteiger partial charge in [0.2, 0.25) is 0 Å². The van der Waals surface area contributed by atoms with E-state index in [2.05, 4.69) is 13.5 Å². The molecule has 0 nitrogen and oxygen atoms in total. The second-order valence-electron chi connectivity index (χ2n) is 3.63. The van der Waals surface area contributed by atoms with Crippen LogP contribution in [0.4, 0.5) is 0 Å². The molecule has 2 bridgehead atoms. The molecule has 0 heteroatoms.